The molecule has 1 heterocycles. The van der Waals surface area contributed by atoms with Crippen LogP contribution in [-0.2, 0) is 14.3 Å². The van der Waals surface area contributed by atoms with Gasteiger partial charge in [-0.2, -0.15) is 10.2 Å². The number of hydrogen-bond donors (Lipinski definition) is 3. The number of benzene rings is 1. The molecule has 12 nitrogen and oxygen atoms in total. The molecule has 2 fully saturated rings. The molecular formula is C29H36N6O6. The van der Waals surface area contributed by atoms with E-state index in [1.807, 2.05) is 0 Å². The Morgan fingerprint density at radius 3 is 2.39 bits per heavy atom. The lowest BCUT2D eigenvalue weighted by Crippen LogP contribution is -2.38. The highest BCUT2D eigenvalue weighted by Gasteiger charge is 2.34. The van der Waals surface area contributed by atoms with Crippen molar-refractivity contribution in [3.05, 3.63) is 35.4 Å². The molecule has 1 aromatic carbocycles. The number of nitrogens with zero attached hydrogens (tertiary/aromatic N) is 3. The molecule has 0 bridgehead atoms. The third kappa shape index (κ3) is 8.06. The van der Waals surface area contributed by atoms with E-state index in [1.54, 1.807) is 45.0 Å². The molecule has 0 saturated heterocycles. The van der Waals surface area contributed by atoms with Gasteiger partial charge in [0.05, 0.1) is 11.6 Å². The summed E-state index contributed by atoms with van der Waals surface area (Å²) in [5.41, 5.74) is 6.55. The van der Waals surface area contributed by atoms with Crippen LogP contribution >= 0.6 is 0 Å². The highest BCUT2D eigenvalue weighted by molar-refractivity contribution is 5.97. The van der Waals surface area contributed by atoms with Crippen molar-refractivity contribution in [3.8, 4) is 23.3 Å². The summed E-state index contributed by atoms with van der Waals surface area (Å²) in [6, 6.07) is 8.54. The van der Waals surface area contributed by atoms with E-state index in [9.17, 15) is 19.6 Å². The minimum atomic E-state index is -0.728. The number of aromatic nitrogens is 2. The second-order valence-electron chi connectivity index (χ2n) is 11.4. The number of alkyl carbamates (subject to hydrolysis) is 1. The van der Waals surface area contributed by atoms with Gasteiger partial charge in [-0.05, 0) is 58.6 Å². The maximum absolute atomic E-state index is 13.4. The highest BCUT2D eigenvalue weighted by Crippen LogP contribution is 2.32. The monoisotopic (exact) mass is 564 g/mol. The summed E-state index contributed by atoms with van der Waals surface area (Å²) in [4.78, 5) is 46.0. The highest BCUT2D eigenvalue weighted by atomic mass is 16.6. The normalized spacial score (nSPS) is 21.9. The first-order valence-corrected chi connectivity index (χ1v) is 13.7. The molecule has 2 saturated carbocycles. The zero-order valence-electron chi connectivity index (χ0n) is 23.7. The van der Waals surface area contributed by atoms with Crippen LogP contribution in [0.2, 0.25) is 0 Å². The third-order valence-electron chi connectivity index (χ3n) is 6.81. The molecule has 4 N–H and O–H groups in total. The first kappa shape index (κ1) is 29.6. The van der Waals surface area contributed by atoms with Crippen LogP contribution in [0.1, 0.15) is 82.1 Å². The summed E-state index contributed by atoms with van der Waals surface area (Å²) >= 11 is 0. The second-order valence-corrected chi connectivity index (χ2v) is 11.4. The van der Waals surface area contributed by atoms with Crippen LogP contribution in [0.3, 0.4) is 0 Å². The van der Waals surface area contributed by atoms with Gasteiger partial charge in [0.1, 0.15) is 23.6 Å². The second kappa shape index (κ2) is 12.4. The zero-order chi connectivity index (χ0) is 29.7. The van der Waals surface area contributed by atoms with Crippen molar-refractivity contribution < 1.29 is 28.6 Å². The van der Waals surface area contributed by atoms with E-state index < -0.39 is 23.8 Å². The van der Waals surface area contributed by atoms with Crippen LogP contribution < -0.4 is 21.1 Å². The molecule has 2 aliphatic rings. The number of anilines is 1. The smallest absolute Gasteiger partial charge is 0.407 e. The van der Waals surface area contributed by atoms with E-state index in [4.69, 9.17) is 19.9 Å². The van der Waals surface area contributed by atoms with E-state index in [0.717, 1.165) is 6.42 Å². The molecule has 12 heteroatoms. The number of carbonyl (C=O) groups is 3. The number of amides is 2. The maximum Gasteiger partial charge on any atom is 0.407 e. The zero-order valence-corrected chi connectivity index (χ0v) is 23.7. The molecule has 2 amide bonds. The average Bonchev–Trinajstić information content (AvgIpc) is 3.50. The number of hydrogen-bond acceptors (Lipinski definition) is 10. The topological polar surface area (TPSA) is 179 Å². The van der Waals surface area contributed by atoms with E-state index >= 15 is 0 Å². The summed E-state index contributed by atoms with van der Waals surface area (Å²) in [5.74, 6) is -0.786. The fraction of sp³-hybridized carbons (Fsp3) is 0.517. The summed E-state index contributed by atoms with van der Waals surface area (Å²) in [6.07, 6.45) is 2.18. The fourth-order valence-electron chi connectivity index (χ4n) is 5.08. The molecule has 0 unspecified atom stereocenters. The number of nitrogens with one attached hydrogen (secondary N) is 2. The number of carbonyl (C=O) groups excluding carboxylic acids is 3. The van der Waals surface area contributed by atoms with Crippen molar-refractivity contribution in [2.24, 2.45) is 0 Å². The molecule has 2 aliphatic carbocycles. The van der Waals surface area contributed by atoms with Gasteiger partial charge in [-0.3, -0.25) is 4.79 Å². The van der Waals surface area contributed by atoms with E-state index in [0.29, 0.717) is 43.2 Å². The van der Waals surface area contributed by atoms with Crippen LogP contribution in [0.15, 0.2) is 24.3 Å². The van der Waals surface area contributed by atoms with Crippen LogP contribution in [0.5, 0.6) is 5.88 Å². The SMILES string of the molecule is CC(=O)N[C@H]1CC[C@@H](Oc2nc(-c3cccc(C#N)c3)nc(N)c2C(=O)O[C@@H]2CC[C@H](NC(=O)OC(C)(C)C)C2)C1. The Balaban J connectivity index is 1.53. The van der Waals surface area contributed by atoms with Crippen molar-refractivity contribution in [1.29, 1.82) is 5.26 Å². The van der Waals surface area contributed by atoms with Crippen LogP contribution in [0.4, 0.5) is 10.6 Å². The minimum absolute atomic E-state index is 0.0187. The molecule has 4 rings (SSSR count). The van der Waals surface area contributed by atoms with Crippen molar-refractivity contribution in [2.45, 2.75) is 96.1 Å². The van der Waals surface area contributed by atoms with Crippen LogP contribution in [0, 0.1) is 11.3 Å². The third-order valence-corrected chi connectivity index (χ3v) is 6.81. The van der Waals surface area contributed by atoms with Gasteiger partial charge in [-0.1, -0.05) is 12.1 Å². The van der Waals surface area contributed by atoms with Crippen LogP contribution in [-0.4, -0.2) is 57.8 Å². The first-order valence-electron chi connectivity index (χ1n) is 13.7. The quantitative estimate of drug-likeness (QED) is 0.420. The maximum atomic E-state index is 13.4. The Hall–Kier alpha value is -4.40. The van der Waals surface area contributed by atoms with Gasteiger partial charge in [0.15, 0.2) is 11.4 Å². The Morgan fingerprint density at radius 2 is 1.71 bits per heavy atom. The molecule has 218 valence electrons. The van der Waals surface area contributed by atoms with Crippen molar-refractivity contribution >= 4 is 23.8 Å². The predicted octanol–water partition coefficient (Wildman–Crippen LogP) is 3.64. The van der Waals surface area contributed by atoms with Gasteiger partial charge in [0.2, 0.25) is 11.8 Å². The largest absolute Gasteiger partial charge is 0.474 e. The summed E-state index contributed by atoms with van der Waals surface area (Å²) in [5, 5.41) is 15.0. The van der Waals surface area contributed by atoms with Crippen molar-refractivity contribution in [1.82, 2.24) is 20.6 Å². The molecule has 2 aromatic rings. The van der Waals surface area contributed by atoms with E-state index in [2.05, 4.69) is 26.7 Å². The molecule has 4 atom stereocenters. The standard InChI is InChI=1S/C29H36N6O6/c1-16(36)32-19-8-10-21(13-19)39-26-23(24(31)34-25(35-26)18-7-5-6-17(12-18)15-30)27(37)40-22-11-9-20(14-22)33-28(38)41-29(2,3)4/h5-7,12,19-22H,8-11,13-14H2,1-4H3,(H,32,36)(H,33,38)(H2,31,34,35)/t19-,20-,21+,22+/m0/s1. The van der Waals surface area contributed by atoms with Gasteiger partial charge in [0.25, 0.3) is 0 Å². The molecule has 1 aromatic heterocycles. The van der Waals surface area contributed by atoms with Crippen LogP contribution in [0.25, 0.3) is 11.4 Å². The van der Waals surface area contributed by atoms with Gasteiger partial charge in [-0.15, -0.1) is 0 Å². The van der Waals surface area contributed by atoms with Gasteiger partial charge in [-0.25, -0.2) is 14.6 Å². The average molecular weight is 565 g/mol. The predicted molar refractivity (Wildman–Crippen MR) is 149 cm³/mol. The fourth-order valence-corrected chi connectivity index (χ4v) is 5.08. The Morgan fingerprint density at radius 1 is 1.02 bits per heavy atom. The Labute approximate surface area is 239 Å². The Kier molecular flexibility index (Phi) is 8.95. The molecule has 41 heavy (non-hydrogen) atoms. The van der Waals surface area contributed by atoms with Crippen molar-refractivity contribution in [2.75, 3.05) is 5.73 Å². The molecule has 0 radical (unpaired) electrons. The lowest BCUT2D eigenvalue weighted by atomic mass is 10.1. The summed E-state index contributed by atoms with van der Waals surface area (Å²) in [7, 11) is 0. The van der Waals surface area contributed by atoms with Crippen molar-refractivity contribution in [3.63, 3.8) is 0 Å². The molecular weight excluding hydrogens is 528 g/mol. The lowest BCUT2D eigenvalue weighted by Gasteiger charge is -2.22. The number of nitriles is 1. The first-order chi connectivity index (χ1) is 19.4. The van der Waals surface area contributed by atoms with E-state index in [1.165, 1.54) is 6.92 Å². The number of ether oxygens (including phenoxy) is 3. The van der Waals surface area contributed by atoms with E-state index in [-0.39, 0.29) is 47.2 Å². The van der Waals surface area contributed by atoms with Gasteiger partial charge >= 0.3 is 12.1 Å². The minimum Gasteiger partial charge on any atom is -0.474 e. The van der Waals surface area contributed by atoms with Gasteiger partial charge in [0, 0.05) is 37.4 Å². The van der Waals surface area contributed by atoms with Gasteiger partial charge < -0.3 is 30.6 Å². The number of nitrogen functional groups attached to an aromatic ring is 1. The molecule has 0 aliphatic heterocycles. The number of rotatable bonds is 7. The summed E-state index contributed by atoms with van der Waals surface area (Å²) < 4.78 is 17.3. The Bertz CT molecular complexity index is 1350. The molecule has 0 spiro atoms. The summed E-state index contributed by atoms with van der Waals surface area (Å²) in [6.45, 7) is 6.82. The lowest BCUT2D eigenvalue weighted by molar-refractivity contribution is -0.119. The number of esters is 1. The number of nitrogens with two attached hydrogens (primary N) is 1.